The fraction of sp³-hybridized carbons (Fsp3) is 0.421. The maximum Gasteiger partial charge on any atom is 0.256 e. The van der Waals surface area contributed by atoms with Crippen LogP contribution in [0.5, 0.6) is 0 Å². The Morgan fingerprint density at radius 1 is 1.37 bits per heavy atom. The molecule has 27 heavy (non-hydrogen) atoms. The quantitative estimate of drug-likeness (QED) is 0.546. The zero-order valence-corrected chi connectivity index (χ0v) is 16.8. The Bertz CT molecular complexity index is 854. The zero-order valence-electron chi connectivity index (χ0n) is 15.3. The van der Waals surface area contributed by atoms with Gasteiger partial charge in [0.1, 0.15) is 0 Å². The zero-order chi connectivity index (χ0) is 19.2. The van der Waals surface area contributed by atoms with Gasteiger partial charge < -0.3 is 10.3 Å². The fourth-order valence-electron chi connectivity index (χ4n) is 3.02. The van der Waals surface area contributed by atoms with Crippen LogP contribution in [0.3, 0.4) is 0 Å². The average molecular weight is 407 g/mol. The van der Waals surface area contributed by atoms with Crippen molar-refractivity contribution in [2.24, 2.45) is 0 Å². The summed E-state index contributed by atoms with van der Waals surface area (Å²) in [6, 6.07) is 7.34. The van der Waals surface area contributed by atoms with Crippen LogP contribution < -0.4 is 10.9 Å². The first-order valence-electron chi connectivity index (χ1n) is 9.03. The molecule has 3 rings (SSSR count). The van der Waals surface area contributed by atoms with Gasteiger partial charge in [-0.05, 0) is 30.7 Å². The Kier molecular flexibility index (Phi) is 6.93. The lowest BCUT2D eigenvalue weighted by atomic mass is 10.1. The van der Waals surface area contributed by atoms with E-state index in [0.717, 1.165) is 42.8 Å². The highest BCUT2D eigenvalue weighted by Crippen LogP contribution is 2.18. The van der Waals surface area contributed by atoms with Crippen LogP contribution in [-0.2, 0) is 24.3 Å². The van der Waals surface area contributed by atoms with Crippen molar-refractivity contribution in [2.45, 2.75) is 38.0 Å². The van der Waals surface area contributed by atoms with Gasteiger partial charge in [-0.1, -0.05) is 42.4 Å². The lowest BCUT2D eigenvalue weighted by molar-refractivity contribution is -0.118. The topological polar surface area (TPSA) is 78.1 Å². The minimum Gasteiger partial charge on any atom is -0.351 e. The predicted octanol–water partition coefficient (Wildman–Crippen LogP) is 2.60. The number of halogens is 1. The molecule has 0 bridgehead atoms. The van der Waals surface area contributed by atoms with E-state index in [-0.39, 0.29) is 17.2 Å². The molecule has 2 aromatic rings. The van der Waals surface area contributed by atoms with E-state index >= 15 is 0 Å². The van der Waals surface area contributed by atoms with E-state index in [0.29, 0.717) is 23.3 Å². The lowest BCUT2D eigenvalue weighted by Crippen LogP contribution is -2.36. The molecule has 0 atom stereocenters. The highest BCUT2D eigenvalue weighted by Gasteiger charge is 2.20. The van der Waals surface area contributed by atoms with Crippen LogP contribution in [-0.4, -0.2) is 39.6 Å². The first-order valence-corrected chi connectivity index (χ1v) is 10.4. The molecule has 1 aromatic carbocycles. The molecule has 1 aliphatic rings. The number of benzene rings is 1. The molecule has 0 radical (unpaired) electrons. The number of fused-ring (bicyclic) bond motifs is 1. The number of H-pyrrole nitrogens is 1. The van der Waals surface area contributed by atoms with Crippen LogP contribution >= 0.6 is 23.4 Å². The summed E-state index contributed by atoms with van der Waals surface area (Å²) in [6.45, 7) is 5.14. The average Bonchev–Trinajstić information content (AvgIpc) is 2.66. The number of aromatic amines is 1. The molecule has 2 heterocycles. The number of rotatable bonds is 7. The van der Waals surface area contributed by atoms with Gasteiger partial charge in [0.15, 0.2) is 5.16 Å². The smallest absolute Gasteiger partial charge is 0.256 e. The van der Waals surface area contributed by atoms with Crippen molar-refractivity contribution in [3.05, 3.63) is 56.5 Å². The van der Waals surface area contributed by atoms with Crippen molar-refractivity contribution in [3.8, 4) is 0 Å². The van der Waals surface area contributed by atoms with Crippen LogP contribution in [0.15, 0.2) is 34.2 Å². The summed E-state index contributed by atoms with van der Waals surface area (Å²) >= 11 is 7.10. The van der Waals surface area contributed by atoms with Gasteiger partial charge in [-0.3, -0.25) is 14.5 Å². The number of hydrogen-bond acceptors (Lipinski definition) is 5. The monoisotopic (exact) mass is 406 g/mol. The summed E-state index contributed by atoms with van der Waals surface area (Å²) in [5.74, 6) is 0.0986. The molecular weight excluding hydrogens is 384 g/mol. The molecule has 0 fully saturated rings. The van der Waals surface area contributed by atoms with Crippen LogP contribution in [0.2, 0.25) is 5.02 Å². The second-order valence-corrected chi connectivity index (χ2v) is 7.91. The van der Waals surface area contributed by atoms with Crippen molar-refractivity contribution >= 4 is 29.3 Å². The summed E-state index contributed by atoms with van der Waals surface area (Å²) in [7, 11) is 0. The molecule has 1 amide bonds. The number of amides is 1. The molecule has 6 nitrogen and oxygen atoms in total. The minimum absolute atomic E-state index is 0.0927. The van der Waals surface area contributed by atoms with Crippen LogP contribution in [0, 0.1) is 0 Å². The SMILES string of the molecule is CCCN1CCc2nc(SCC(=O)NCc3ccc(Cl)cc3)[nH]c(=O)c2C1. The van der Waals surface area contributed by atoms with E-state index in [4.69, 9.17) is 11.6 Å². The first kappa shape index (κ1) is 19.9. The summed E-state index contributed by atoms with van der Waals surface area (Å²) in [4.78, 5) is 34.1. The molecule has 0 spiro atoms. The number of aromatic nitrogens is 2. The second-order valence-electron chi connectivity index (χ2n) is 6.51. The van der Waals surface area contributed by atoms with Crippen LogP contribution in [0.25, 0.3) is 0 Å². The number of nitrogens with one attached hydrogen (secondary N) is 2. The Morgan fingerprint density at radius 2 is 2.15 bits per heavy atom. The lowest BCUT2D eigenvalue weighted by Gasteiger charge is -2.27. The van der Waals surface area contributed by atoms with Crippen molar-refractivity contribution in [2.75, 3.05) is 18.8 Å². The van der Waals surface area contributed by atoms with Crippen LogP contribution in [0.1, 0.15) is 30.2 Å². The molecule has 0 saturated heterocycles. The highest BCUT2D eigenvalue weighted by molar-refractivity contribution is 7.99. The van der Waals surface area contributed by atoms with E-state index in [9.17, 15) is 9.59 Å². The summed E-state index contributed by atoms with van der Waals surface area (Å²) in [5, 5.41) is 4.03. The number of nitrogens with zero attached hydrogens (tertiary/aromatic N) is 2. The van der Waals surface area contributed by atoms with E-state index in [2.05, 4.69) is 27.1 Å². The Labute approximate surface area is 167 Å². The number of carbonyl (C=O) groups excluding carboxylic acids is 1. The van der Waals surface area contributed by atoms with E-state index in [1.54, 1.807) is 12.1 Å². The Hall–Kier alpha value is -1.83. The van der Waals surface area contributed by atoms with Crippen molar-refractivity contribution in [1.29, 1.82) is 0 Å². The van der Waals surface area contributed by atoms with Gasteiger partial charge in [-0.2, -0.15) is 0 Å². The first-order chi connectivity index (χ1) is 13.0. The molecule has 2 N–H and O–H groups in total. The summed E-state index contributed by atoms with van der Waals surface area (Å²) < 4.78 is 0. The normalized spacial score (nSPS) is 14.0. The van der Waals surface area contributed by atoms with Crippen LogP contribution in [0.4, 0.5) is 0 Å². The van der Waals surface area contributed by atoms with Gasteiger partial charge in [0.25, 0.3) is 5.56 Å². The molecule has 0 unspecified atom stereocenters. The summed E-state index contributed by atoms with van der Waals surface area (Å²) in [6.07, 6.45) is 1.84. The van der Waals surface area contributed by atoms with Gasteiger partial charge >= 0.3 is 0 Å². The molecule has 8 heteroatoms. The molecule has 1 aliphatic heterocycles. The Morgan fingerprint density at radius 3 is 2.89 bits per heavy atom. The number of hydrogen-bond donors (Lipinski definition) is 2. The Balaban J connectivity index is 1.54. The van der Waals surface area contributed by atoms with Gasteiger partial charge in [0.05, 0.1) is 17.0 Å². The molecule has 1 aromatic heterocycles. The molecule has 0 saturated carbocycles. The minimum atomic E-state index is -0.107. The maximum absolute atomic E-state index is 12.4. The van der Waals surface area contributed by atoms with Crippen molar-refractivity contribution in [3.63, 3.8) is 0 Å². The third-order valence-corrected chi connectivity index (χ3v) is 5.53. The standard InChI is InChI=1S/C19H23ClN4O2S/c1-2-8-24-9-7-16-15(11-24)18(26)23-19(22-16)27-12-17(25)21-10-13-3-5-14(20)6-4-13/h3-6H,2,7-12H2,1H3,(H,21,25)(H,22,23,26). The predicted molar refractivity (Wildman–Crippen MR) is 108 cm³/mol. The fourth-order valence-corrected chi connectivity index (χ4v) is 3.86. The molecule has 144 valence electrons. The highest BCUT2D eigenvalue weighted by atomic mass is 35.5. The molecular formula is C19H23ClN4O2S. The van der Waals surface area contributed by atoms with E-state index < -0.39 is 0 Å². The summed E-state index contributed by atoms with van der Waals surface area (Å²) in [5.41, 5.74) is 2.50. The number of thioether (sulfide) groups is 1. The third-order valence-electron chi connectivity index (χ3n) is 4.41. The van der Waals surface area contributed by atoms with Crippen molar-refractivity contribution < 1.29 is 4.79 Å². The van der Waals surface area contributed by atoms with E-state index in [1.807, 2.05) is 12.1 Å². The van der Waals surface area contributed by atoms with Crippen molar-refractivity contribution in [1.82, 2.24) is 20.2 Å². The van der Waals surface area contributed by atoms with Gasteiger partial charge in [-0.15, -0.1) is 0 Å². The largest absolute Gasteiger partial charge is 0.351 e. The maximum atomic E-state index is 12.4. The third kappa shape index (κ3) is 5.57. The van der Waals surface area contributed by atoms with Gasteiger partial charge in [-0.25, -0.2) is 4.98 Å². The molecule has 0 aliphatic carbocycles. The second kappa shape index (κ2) is 9.39. The number of carbonyl (C=O) groups is 1. The van der Waals surface area contributed by atoms with Gasteiger partial charge in [0.2, 0.25) is 5.91 Å². The van der Waals surface area contributed by atoms with Gasteiger partial charge in [0, 0.05) is 31.1 Å². The van der Waals surface area contributed by atoms with E-state index in [1.165, 1.54) is 11.8 Å².